The summed E-state index contributed by atoms with van der Waals surface area (Å²) in [6.07, 6.45) is 1.41. The number of carboxylic acid groups (broad SMARTS) is 1. The van der Waals surface area contributed by atoms with Gasteiger partial charge >= 0.3 is 5.97 Å². The molecule has 0 bridgehead atoms. The Bertz CT molecular complexity index is 568. The van der Waals surface area contributed by atoms with Gasteiger partial charge in [0.2, 0.25) is 0 Å². The average molecular weight is 272 g/mol. The molecule has 2 rings (SSSR count). The molecule has 0 saturated carbocycles. The molecule has 0 unspecified atom stereocenters. The first kappa shape index (κ1) is 11.9. The molecule has 0 amide bonds. The zero-order valence-corrected chi connectivity index (χ0v) is 9.98. The number of carboxylic acids is 1. The van der Waals surface area contributed by atoms with Crippen molar-refractivity contribution in [3.05, 3.63) is 40.9 Å². The fourth-order valence-electron chi connectivity index (χ4n) is 1.44. The van der Waals surface area contributed by atoms with E-state index in [2.05, 4.69) is 10.2 Å². The normalized spacial score (nSPS) is 10.5. The molecule has 0 fully saturated rings. The van der Waals surface area contributed by atoms with Crippen molar-refractivity contribution in [2.75, 3.05) is 0 Å². The van der Waals surface area contributed by atoms with Gasteiger partial charge < -0.3 is 5.11 Å². The molecule has 1 aromatic carbocycles. The van der Waals surface area contributed by atoms with Crippen LogP contribution in [0.1, 0.15) is 16.2 Å². The van der Waals surface area contributed by atoms with Crippen LogP contribution < -0.4 is 0 Å². The lowest BCUT2D eigenvalue weighted by Crippen LogP contribution is -2.07. The molecule has 88 valence electrons. The molecule has 0 saturated heterocycles. The van der Waals surface area contributed by atoms with Gasteiger partial charge in [-0.15, -0.1) is 21.8 Å². The van der Waals surface area contributed by atoms with Gasteiger partial charge in [-0.05, 0) is 18.2 Å². The van der Waals surface area contributed by atoms with Crippen LogP contribution in [0.5, 0.6) is 0 Å². The van der Waals surface area contributed by atoms with E-state index in [4.69, 9.17) is 28.3 Å². The smallest absolute Gasteiger partial charge is 0.337 e. The van der Waals surface area contributed by atoms with Crippen LogP contribution in [0.25, 0.3) is 5.69 Å². The maximum Gasteiger partial charge on any atom is 0.337 e. The van der Waals surface area contributed by atoms with E-state index in [1.807, 2.05) is 0 Å². The summed E-state index contributed by atoms with van der Waals surface area (Å²) in [6, 6.07) is 4.56. The standard InChI is InChI=1S/C10H7Cl2N3O2/c11-4-9-14-13-5-15(9)8-2-1-6(12)3-7(8)10(16)17/h1-3,5H,4H2,(H,16,17). The highest BCUT2D eigenvalue weighted by Gasteiger charge is 2.15. The SMILES string of the molecule is O=C(O)c1cc(Cl)ccc1-n1cnnc1CCl. The van der Waals surface area contributed by atoms with E-state index in [-0.39, 0.29) is 11.4 Å². The van der Waals surface area contributed by atoms with Gasteiger partial charge in [0.25, 0.3) is 0 Å². The Morgan fingerprint density at radius 3 is 2.88 bits per heavy atom. The van der Waals surface area contributed by atoms with Crippen LogP contribution in [-0.2, 0) is 5.88 Å². The molecular formula is C10H7Cl2N3O2. The molecule has 5 nitrogen and oxygen atoms in total. The maximum absolute atomic E-state index is 11.1. The van der Waals surface area contributed by atoms with Crippen LogP contribution >= 0.6 is 23.2 Å². The van der Waals surface area contributed by atoms with Gasteiger partial charge in [-0.1, -0.05) is 11.6 Å². The van der Waals surface area contributed by atoms with Gasteiger partial charge in [-0.25, -0.2) is 4.79 Å². The number of aromatic carboxylic acids is 1. The second-order valence-electron chi connectivity index (χ2n) is 3.22. The summed E-state index contributed by atoms with van der Waals surface area (Å²) in [6.45, 7) is 0. The van der Waals surface area contributed by atoms with Crippen LogP contribution in [0.3, 0.4) is 0 Å². The Morgan fingerprint density at radius 2 is 2.24 bits per heavy atom. The molecule has 1 heterocycles. The third-order valence-electron chi connectivity index (χ3n) is 2.19. The zero-order valence-electron chi connectivity index (χ0n) is 8.47. The van der Waals surface area contributed by atoms with Crippen LogP contribution in [0.15, 0.2) is 24.5 Å². The number of carbonyl (C=O) groups is 1. The summed E-state index contributed by atoms with van der Waals surface area (Å²) in [5.74, 6) is -0.463. The summed E-state index contributed by atoms with van der Waals surface area (Å²) in [7, 11) is 0. The minimum Gasteiger partial charge on any atom is -0.478 e. The molecule has 17 heavy (non-hydrogen) atoms. The highest BCUT2D eigenvalue weighted by molar-refractivity contribution is 6.31. The van der Waals surface area contributed by atoms with E-state index in [0.29, 0.717) is 16.5 Å². The third kappa shape index (κ3) is 2.25. The highest BCUT2D eigenvalue weighted by Crippen LogP contribution is 2.21. The van der Waals surface area contributed by atoms with E-state index in [0.717, 1.165) is 0 Å². The lowest BCUT2D eigenvalue weighted by Gasteiger charge is -2.08. The van der Waals surface area contributed by atoms with Crippen molar-refractivity contribution in [2.45, 2.75) is 5.88 Å². The van der Waals surface area contributed by atoms with Crippen molar-refractivity contribution in [2.24, 2.45) is 0 Å². The molecule has 1 N–H and O–H groups in total. The lowest BCUT2D eigenvalue weighted by molar-refractivity contribution is 0.0697. The lowest BCUT2D eigenvalue weighted by atomic mass is 10.2. The molecular weight excluding hydrogens is 265 g/mol. The van der Waals surface area contributed by atoms with E-state index < -0.39 is 5.97 Å². The van der Waals surface area contributed by atoms with Crippen molar-refractivity contribution in [1.29, 1.82) is 0 Å². The van der Waals surface area contributed by atoms with Crippen molar-refractivity contribution < 1.29 is 9.90 Å². The topological polar surface area (TPSA) is 68.0 Å². The summed E-state index contributed by atoms with van der Waals surface area (Å²) >= 11 is 11.5. The van der Waals surface area contributed by atoms with Gasteiger partial charge in [-0.2, -0.15) is 0 Å². The second-order valence-corrected chi connectivity index (χ2v) is 3.92. The first-order valence-corrected chi connectivity index (χ1v) is 5.53. The van der Waals surface area contributed by atoms with E-state index >= 15 is 0 Å². The fourth-order valence-corrected chi connectivity index (χ4v) is 1.80. The van der Waals surface area contributed by atoms with Gasteiger partial charge in [0.15, 0.2) is 5.82 Å². The van der Waals surface area contributed by atoms with Crippen molar-refractivity contribution in [3.8, 4) is 5.69 Å². The van der Waals surface area contributed by atoms with Gasteiger partial charge in [0.1, 0.15) is 6.33 Å². The zero-order chi connectivity index (χ0) is 12.4. The molecule has 1 aromatic heterocycles. The first-order valence-electron chi connectivity index (χ1n) is 4.61. The summed E-state index contributed by atoms with van der Waals surface area (Å²) < 4.78 is 1.52. The Balaban J connectivity index is 2.63. The monoisotopic (exact) mass is 271 g/mol. The number of hydrogen-bond acceptors (Lipinski definition) is 3. The van der Waals surface area contributed by atoms with Crippen molar-refractivity contribution in [3.63, 3.8) is 0 Å². The van der Waals surface area contributed by atoms with Crippen LogP contribution in [0.2, 0.25) is 5.02 Å². The van der Waals surface area contributed by atoms with Crippen LogP contribution in [0, 0.1) is 0 Å². The number of hydrogen-bond donors (Lipinski definition) is 1. The molecule has 0 aliphatic carbocycles. The maximum atomic E-state index is 11.1. The first-order chi connectivity index (χ1) is 8.13. The highest BCUT2D eigenvalue weighted by atomic mass is 35.5. The van der Waals surface area contributed by atoms with E-state index in [1.54, 1.807) is 12.1 Å². The molecule has 2 aromatic rings. The predicted octanol–water partition coefficient (Wildman–Crippen LogP) is 2.36. The van der Waals surface area contributed by atoms with Crippen LogP contribution in [0.4, 0.5) is 0 Å². The summed E-state index contributed by atoms with van der Waals surface area (Å²) in [5, 5.41) is 16.9. The molecule has 0 radical (unpaired) electrons. The Morgan fingerprint density at radius 1 is 1.47 bits per heavy atom. The number of rotatable bonds is 3. The van der Waals surface area contributed by atoms with E-state index in [9.17, 15) is 4.79 Å². The fraction of sp³-hybridized carbons (Fsp3) is 0.100. The Kier molecular flexibility index (Phi) is 3.31. The van der Waals surface area contributed by atoms with Gasteiger partial charge in [0, 0.05) is 5.02 Å². The van der Waals surface area contributed by atoms with Crippen molar-refractivity contribution in [1.82, 2.24) is 14.8 Å². The Labute approximate surface area is 107 Å². The van der Waals surface area contributed by atoms with Gasteiger partial charge in [-0.3, -0.25) is 4.57 Å². The van der Waals surface area contributed by atoms with Crippen molar-refractivity contribution >= 4 is 29.2 Å². The largest absolute Gasteiger partial charge is 0.478 e. The molecule has 0 aliphatic heterocycles. The predicted molar refractivity (Wildman–Crippen MR) is 62.9 cm³/mol. The Hall–Kier alpha value is -1.59. The van der Waals surface area contributed by atoms with Gasteiger partial charge in [0.05, 0.1) is 17.1 Å². The minimum atomic E-state index is -1.07. The average Bonchev–Trinajstić information content (AvgIpc) is 2.76. The third-order valence-corrected chi connectivity index (χ3v) is 2.66. The minimum absolute atomic E-state index is 0.0728. The molecule has 0 spiro atoms. The number of benzene rings is 1. The number of aromatic nitrogens is 3. The number of halogens is 2. The summed E-state index contributed by atoms with van der Waals surface area (Å²) in [5.41, 5.74) is 0.506. The number of nitrogens with zero attached hydrogens (tertiary/aromatic N) is 3. The number of alkyl halides is 1. The quantitative estimate of drug-likeness (QED) is 0.871. The van der Waals surface area contributed by atoms with Crippen LogP contribution in [-0.4, -0.2) is 25.8 Å². The molecule has 7 heteroatoms. The molecule has 0 aliphatic rings. The second kappa shape index (κ2) is 4.73. The molecule has 0 atom stereocenters. The van der Waals surface area contributed by atoms with E-state index in [1.165, 1.54) is 17.0 Å². The summed E-state index contributed by atoms with van der Waals surface area (Å²) in [4.78, 5) is 11.1.